The summed E-state index contributed by atoms with van der Waals surface area (Å²) < 4.78 is 5.50. The predicted octanol–water partition coefficient (Wildman–Crippen LogP) is 1.38. The van der Waals surface area contributed by atoms with Crippen molar-refractivity contribution in [3.8, 4) is 5.75 Å². The molecular weight excluding hydrogens is 260 g/mol. The highest BCUT2D eigenvalue weighted by atomic mass is 16.5. The van der Waals surface area contributed by atoms with Gasteiger partial charge in [0.25, 0.3) is 0 Å². The van der Waals surface area contributed by atoms with Gasteiger partial charge in [-0.15, -0.1) is 0 Å². The number of para-hydroxylation sites is 1. The number of carbonyl (C=O) groups excluding carboxylic acids is 1. The van der Waals surface area contributed by atoms with E-state index in [2.05, 4.69) is 5.32 Å². The van der Waals surface area contributed by atoms with Crippen LogP contribution in [0.5, 0.6) is 5.75 Å². The summed E-state index contributed by atoms with van der Waals surface area (Å²) in [5, 5.41) is 12.0. The number of rotatable bonds is 2. The highest BCUT2D eigenvalue weighted by molar-refractivity contribution is 5.83. The van der Waals surface area contributed by atoms with E-state index >= 15 is 0 Å². The van der Waals surface area contributed by atoms with Crippen molar-refractivity contribution in [1.82, 2.24) is 10.2 Å². The molecule has 0 bridgehead atoms. The van der Waals surface area contributed by atoms with Gasteiger partial charge in [0.05, 0.1) is 6.04 Å². The van der Waals surface area contributed by atoms with E-state index < -0.39 is 12.0 Å². The quantitative estimate of drug-likeness (QED) is 0.855. The number of fused-ring (bicyclic) bond motifs is 1. The van der Waals surface area contributed by atoms with Crippen molar-refractivity contribution in [3.05, 3.63) is 29.8 Å². The van der Waals surface area contributed by atoms with Gasteiger partial charge in [0.15, 0.2) is 0 Å². The summed E-state index contributed by atoms with van der Waals surface area (Å²) in [5.41, 5.74) is 0.937. The smallest absolute Gasteiger partial charge is 0.326 e. The molecule has 2 aliphatic heterocycles. The molecule has 2 heterocycles. The fourth-order valence-electron chi connectivity index (χ4n) is 2.78. The number of nitrogens with one attached hydrogen (secondary N) is 1. The minimum absolute atomic E-state index is 0.214. The molecule has 2 atom stereocenters. The third-order valence-electron chi connectivity index (χ3n) is 3.80. The topological polar surface area (TPSA) is 78.9 Å². The molecular formula is C14H16N2O4. The van der Waals surface area contributed by atoms with Crippen LogP contribution in [0.15, 0.2) is 24.3 Å². The largest absolute Gasteiger partial charge is 0.491 e. The molecule has 6 heteroatoms. The maximum atomic E-state index is 12.2. The maximum absolute atomic E-state index is 12.2. The number of hydrogen-bond donors (Lipinski definition) is 2. The number of urea groups is 1. The number of carbonyl (C=O) groups is 2. The van der Waals surface area contributed by atoms with E-state index in [0.29, 0.717) is 19.6 Å². The van der Waals surface area contributed by atoms with Gasteiger partial charge in [0, 0.05) is 12.1 Å². The molecule has 3 rings (SSSR count). The van der Waals surface area contributed by atoms with Crippen LogP contribution in [0.25, 0.3) is 0 Å². The number of likely N-dealkylation sites (tertiary alicyclic amines) is 1. The number of aliphatic carboxylic acids is 1. The number of hydrogen-bond acceptors (Lipinski definition) is 3. The van der Waals surface area contributed by atoms with Crippen LogP contribution in [0.1, 0.15) is 24.4 Å². The highest BCUT2D eigenvalue weighted by Gasteiger charge is 2.36. The van der Waals surface area contributed by atoms with Gasteiger partial charge >= 0.3 is 12.0 Å². The van der Waals surface area contributed by atoms with E-state index in [0.717, 1.165) is 17.7 Å². The van der Waals surface area contributed by atoms with Crippen molar-refractivity contribution in [2.24, 2.45) is 0 Å². The van der Waals surface area contributed by atoms with Crippen LogP contribution >= 0.6 is 0 Å². The summed E-state index contributed by atoms with van der Waals surface area (Å²) in [6, 6.07) is 6.28. The van der Waals surface area contributed by atoms with Crippen molar-refractivity contribution in [1.29, 1.82) is 0 Å². The Labute approximate surface area is 116 Å². The Morgan fingerprint density at radius 2 is 2.15 bits per heavy atom. The number of nitrogens with zero attached hydrogens (tertiary/aromatic N) is 1. The van der Waals surface area contributed by atoms with Gasteiger partial charge in [-0.3, -0.25) is 0 Å². The molecule has 0 aliphatic carbocycles. The third kappa shape index (κ3) is 2.17. The lowest BCUT2D eigenvalue weighted by Gasteiger charge is -2.23. The van der Waals surface area contributed by atoms with Crippen LogP contribution in [0, 0.1) is 0 Å². The first kappa shape index (κ1) is 12.8. The molecule has 0 spiro atoms. The Balaban J connectivity index is 1.70. The molecule has 0 saturated carbocycles. The van der Waals surface area contributed by atoms with Crippen LogP contribution in [-0.2, 0) is 4.79 Å². The van der Waals surface area contributed by atoms with E-state index in [1.165, 1.54) is 4.90 Å². The average molecular weight is 276 g/mol. The number of carboxylic acid groups (broad SMARTS) is 1. The molecule has 20 heavy (non-hydrogen) atoms. The summed E-state index contributed by atoms with van der Waals surface area (Å²) >= 11 is 0. The first-order valence-electron chi connectivity index (χ1n) is 6.68. The first-order chi connectivity index (χ1) is 9.66. The Morgan fingerprint density at radius 1 is 1.35 bits per heavy atom. The number of carboxylic acids is 1. The van der Waals surface area contributed by atoms with Gasteiger partial charge in [-0.05, 0) is 18.9 Å². The van der Waals surface area contributed by atoms with Crippen molar-refractivity contribution in [2.75, 3.05) is 13.2 Å². The molecule has 1 aromatic rings. The molecule has 1 fully saturated rings. The maximum Gasteiger partial charge on any atom is 0.326 e. The standard InChI is InChI=1S/C14H16N2O4/c17-13(18)11-5-3-7-16(11)14(19)15-10-8-20-12-6-2-1-4-9(10)12/h1-2,4,6,10-11H,3,5,7-8H2,(H,15,19)(H,17,18). The monoisotopic (exact) mass is 276 g/mol. The van der Waals surface area contributed by atoms with Crippen molar-refractivity contribution < 1.29 is 19.4 Å². The van der Waals surface area contributed by atoms with Crippen molar-refractivity contribution in [3.63, 3.8) is 0 Å². The highest BCUT2D eigenvalue weighted by Crippen LogP contribution is 2.32. The normalized spacial score (nSPS) is 24.1. The van der Waals surface area contributed by atoms with E-state index in [1.807, 2.05) is 24.3 Å². The van der Waals surface area contributed by atoms with Gasteiger partial charge in [0.2, 0.25) is 0 Å². The zero-order valence-electron chi connectivity index (χ0n) is 10.9. The summed E-state index contributed by atoms with van der Waals surface area (Å²) in [4.78, 5) is 24.7. The molecule has 106 valence electrons. The van der Waals surface area contributed by atoms with E-state index in [4.69, 9.17) is 9.84 Å². The summed E-state index contributed by atoms with van der Waals surface area (Å²) in [6.45, 7) is 0.870. The fraction of sp³-hybridized carbons (Fsp3) is 0.429. The molecule has 1 aromatic carbocycles. The number of benzene rings is 1. The molecule has 2 aliphatic rings. The van der Waals surface area contributed by atoms with Crippen LogP contribution in [-0.4, -0.2) is 41.2 Å². The first-order valence-corrected chi connectivity index (χ1v) is 6.68. The second-order valence-corrected chi connectivity index (χ2v) is 5.04. The lowest BCUT2D eigenvalue weighted by molar-refractivity contribution is -0.141. The van der Waals surface area contributed by atoms with E-state index in [1.54, 1.807) is 0 Å². The van der Waals surface area contributed by atoms with Crippen LogP contribution in [0.2, 0.25) is 0 Å². The van der Waals surface area contributed by atoms with E-state index in [-0.39, 0.29) is 12.1 Å². The molecule has 0 radical (unpaired) electrons. The van der Waals surface area contributed by atoms with E-state index in [9.17, 15) is 9.59 Å². The van der Waals surface area contributed by atoms with Gasteiger partial charge in [-0.25, -0.2) is 9.59 Å². The third-order valence-corrected chi connectivity index (χ3v) is 3.80. The Kier molecular flexibility index (Phi) is 3.22. The van der Waals surface area contributed by atoms with Gasteiger partial charge in [-0.2, -0.15) is 0 Å². The molecule has 6 nitrogen and oxygen atoms in total. The van der Waals surface area contributed by atoms with Crippen LogP contribution in [0.4, 0.5) is 4.79 Å². The van der Waals surface area contributed by atoms with Crippen molar-refractivity contribution in [2.45, 2.75) is 24.9 Å². The zero-order valence-corrected chi connectivity index (χ0v) is 10.9. The Bertz CT molecular complexity index is 546. The minimum atomic E-state index is -0.944. The lowest BCUT2D eigenvalue weighted by atomic mass is 10.1. The fourth-order valence-corrected chi connectivity index (χ4v) is 2.78. The second kappa shape index (κ2) is 5.03. The van der Waals surface area contributed by atoms with Gasteiger partial charge < -0.3 is 20.1 Å². The summed E-state index contributed by atoms with van der Waals surface area (Å²) in [6.07, 6.45) is 1.24. The van der Waals surface area contributed by atoms with Crippen LogP contribution < -0.4 is 10.1 Å². The second-order valence-electron chi connectivity index (χ2n) is 5.04. The summed E-state index contributed by atoms with van der Waals surface area (Å²) in [5.74, 6) is -0.172. The lowest BCUT2D eigenvalue weighted by Crippen LogP contribution is -2.47. The molecule has 2 unspecified atom stereocenters. The SMILES string of the molecule is O=C(O)C1CCCN1C(=O)NC1COc2ccccc21. The molecule has 0 aromatic heterocycles. The average Bonchev–Trinajstić information content (AvgIpc) is 3.06. The Hall–Kier alpha value is -2.24. The number of ether oxygens (including phenoxy) is 1. The molecule has 2 amide bonds. The molecule has 1 saturated heterocycles. The van der Waals surface area contributed by atoms with Crippen LogP contribution in [0.3, 0.4) is 0 Å². The van der Waals surface area contributed by atoms with Gasteiger partial charge in [-0.1, -0.05) is 18.2 Å². The zero-order chi connectivity index (χ0) is 14.1. The predicted molar refractivity (Wildman–Crippen MR) is 70.6 cm³/mol. The van der Waals surface area contributed by atoms with Gasteiger partial charge in [0.1, 0.15) is 18.4 Å². The van der Waals surface area contributed by atoms with Crippen molar-refractivity contribution >= 4 is 12.0 Å². The minimum Gasteiger partial charge on any atom is -0.491 e. The number of amides is 2. The molecule has 2 N–H and O–H groups in total. The Morgan fingerprint density at radius 3 is 2.95 bits per heavy atom. The summed E-state index contributed by atoms with van der Waals surface area (Å²) in [7, 11) is 0.